The molecule has 1 saturated carbocycles. The SMILES string of the molecule is Cc1ccc(C(=O)N2CC3(CC(OCC4CC4)CS3)C2)cn1.O=C(O)C(F)(F)F. The number of likely N-dealkylation sites (tertiary alicyclic amines) is 1. The molecule has 10 heteroatoms. The Morgan fingerprint density at radius 1 is 1.34 bits per heavy atom. The topological polar surface area (TPSA) is 79.7 Å². The maximum Gasteiger partial charge on any atom is 0.490 e. The number of aromatic nitrogens is 1. The number of hydrogen-bond acceptors (Lipinski definition) is 5. The van der Waals surface area contributed by atoms with Gasteiger partial charge in [0.15, 0.2) is 0 Å². The van der Waals surface area contributed by atoms with Crippen LogP contribution in [0.2, 0.25) is 0 Å². The van der Waals surface area contributed by atoms with Gasteiger partial charge >= 0.3 is 12.1 Å². The maximum atomic E-state index is 12.4. The summed E-state index contributed by atoms with van der Waals surface area (Å²) in [6.45, 7) is 4.59. The van der Waals surface area contributed by atoms with Crippen molar-refractivity contribution >= 4 is 23.6 Å². The molecule has 2 aliphatic heterocycles. The van der Waals surface area contributed by atoms with Crippen LogP contribution in [0.4, 0.5) is 13.2 Å². The van der Waals surface area contributed by atoms with Gasteiger partial charge in [-0.05, 0) is 44.2 Å². The highest BCUT2D eigenvalue weighted by molar-refractivity contribution is 8.01. The third-order valence-corrected chi connectivity index (χ3v) is 6.66. The molecule has 1 N–H and O–H groups in total. The van der Waals surface area contributed by atoms with Gasteiger partial charge in [-0.15, -0.1) is 11.8 Å². The van der Waals surface area contributed by atoms with Crippen molar-refractivity contribution in [1.82, 2.24) is 9.88 Å². The predicted octanol–water partition coefficient (Wildman–Crippen LogP) is 3.15. The highest BCUT2D eigenvalue weighted by atomic mass is 32.2. The smallest absolute Gasteiger partial charge is 0.475 e. The van der Waals surface area contributed by atoms with Crippen LogP contribution in [0.25, 0.3) is 0 Å². The number of carboxylic acid groups (broad SMARTS) is 1. The minimum absolute atomic E-state index is 0.112. The van der Waals surface area contributed by atoms with Crippen LogP contribution in [0.1, 0.15) is 35.3 Å². The molecule has 0 bridgehead atoms. The quantitative estimate of drug-likeness (QED) is 0.788. The van der Waals surface area contributed by atoms with Gasteiger partial charge in [0.25, 0.3) is 5.91 Å². The van der Waals surface area contributed by atoms with Crippen LogP contribution in [0, 0.1) is 12.8 Å². The third-order valence-electron chi connectivity index (χ3n) is 5.09. The molecular weight excluding hydrogens is 409 g/mol. The number of thioether (sulfide) groups is 1. The van der Waals surface area contributed by atoms with Gasteiger partial charge in [0, 0.05) is 37.3 Å². The van der Waals surface area contributed by atoms with Crippen LogP contribution in [0.3, 0.4) is 0 Å². The lowest BCUT2D eigenvalue weighted by atomic mass is 9.92. The number of alkyl halides is 3. The van der Waals surface area contributed by atoms with Crippen LogP contribution in [0.5, 0.6) is 0 Å². The van der Waals surface area contributed by atoms with Crippen LogP contribution in [-0.2, 0) is 9.53 Å². The van der Waals surface area contributed by atoms with E-state index in [0.29, 0.717) is 11.7 Å². The second-order valence-corrected chi connectivity index (χ2v) is 9.24. The Bertz CT molecular complexity index is 747. The van der Waals surface area contributed by atoms with E-state index in [4.69, 9.17) is 14.6 Å². The monoisotopic (exact) mass is 432 g/mol. The molecular formula is C19H23F3N2O4S. The minimum atomic E-state index is -5.08. The van der Waals surface area contributed by atoms with Crippen LogP contribution < -0.4 is 0 Å². The van der Waals surface area contributed by atoms with Crippen molar-refractivity contribution in [3.05, 3.63) is 29.6 Å². The molecule has 4 rings (SSSR count). The number of pyridine rings is 1. The maximum absolute atomic E-state index is 12.4. The Morgan fingerprint density at radius 2 is 2.00 bits per heavy atom. The fourth-order valence-corrected chi connectivity index (χ4v) is 4.81. The van der Waals surface area contributed by atoms with Crippen molar-refractivity contribution in [1.29, 1.82) is 0 Å². The van der Waals surface area contributed by atoms with Crippen molar-refractivity contribution in [2.45, 2.75) is 43.2 Å². The molecule has 0 radical (unpaired) electrons. The molecule has 1 aromatic heterocycles. The van der Waals surface area contributed by atoms with Crippen molar-refractivity contribution in [3.8, 4) is 0 Å². The number of hydrogen-bond donors (Lipinski definition) is 1. The summed E-state index contributed by atoms with van der Waals surface area (Å²) in [5.41, 5.74) is 1.64. The number of ether oxygens (including phenoxy) is 1. The fraction of sp³-hybridized carbons (Fsp3) is 0.632. The molecule has 1 aromatic rings. The van der Waals surface area contributed by atoms with Gasteiger partial charge in [0.2, 0.25) is 0 Å². The molecule has 29 heavy (non-hydrogen) atoms. The van der Waals surface area contributed by atoms with Crippen LogP contribution in [0.15, 0.2) is 18.3 Å². The van der Waals surface area contributed by atoms with Crippen LogP contribution in [-0.4, -0.2) is 69.3 Å². The normalized spacial score (nSPS) is 22.6. The largest absolute Gasteiger partial charge is 0.490 e. The Morgan fingerprint density at radius 3 is 2.52 bits per heavy atom. The molecule has 160 valence electrons. The Balaban J connectivity index is 0.000000298. The van der Waals surface area contributed by atoms with E-state index in [0.717, 1.165) is 43.5 Å². The highest BCUT2D eigenvalue weighted by Crippen LogP contribution is 2.46. The van der Waals surface area contributed by atoms with E-state index in [1.54, 1.807) is 6.20 Å². The number of carboxylic acids is 1. The molecule has 2 saturated heterocycles. The summed E-state index contributed by atoms with van der Waals surface area (Å²) in [4.78, 5) is 27.5. The molecule has 1 aliphatic carbocycles. The van der Waals surface area contributed by atoms with Gasteiger partial charge in [0.05, 0.1) is 16.4 Å². The minimum Gasteiger partial charge on any atom is -0.475 e. The Kier molecular flexibility index (Phi) is 6.42. The van der Waals surface area contributed by atoms with Crippen molar-refractivity contribution in [3.63, 3.8) is 0 Å². The van der Waals surface area contributed by atoms with E-state index in [9.17, 15) is 18.0 Å². The Hall–Kier alpha value is -1.81. The zero-order chi connectivity index (χ0) is 21.2. The number of carbonyl (C=O) groups excluding carboxylic acids is 1. The predicted molar refractivity (Wildman–Crippen MR) is 101 cm³/mol. The number of rotatable bonds is 4. The van der Waals surface area contributed by atoms with Crippen molar-refractivity contribution in [2.24, 2.45) is 5.92 Å². The number of aliphatic carboxylic acids is 1. The number of aryl methyl sites for hydroxylation is 1. The van der Waals surface area contributed by atoms with Crippen molar-refractivity contribution < 1.29 is 32.6 Å². The van der Waals surface area contributed by atoms with Gasteiger partial charge < -0.3 is 14.7 Å². The molecule has 3 aliphatic rings. The molecule has 1 atom stereocenters. The zero-order valence-corrected chi connectivity index (χ0v) is 16.8. The van der Waals surface area contributed by atoms with Crippen LogP contribution >= 0.6 is 11.8 Å². The number of nitrogens with zero attached hydrogens (tertiary/aromatic N) is 2. The lowest BCUT2D eigenvalue weighted by Crippen LogP contribution is -2.60. The highest BCUT2D eigenvalue weighted by Gasteiger charge is 2.51. The van der Waals surface area contributed by atoms with E-state index in [1.165, 1.54) is 12.8 Å². The van der Waals surface area contributed by atoms with E-state index < -0.39 is 12.1 Å². The lowest BCUT2D eigenvalue weighted by Gasteiger charge is -2.47. The van der Waals surface area contributed by atoms with Gasteiger partial charge in [-0.25, -0.2) is 4.79 Å². The summed E-state index contributed by atoms with van der Waals surface area (Å²) >= 11 is 2.00. The average Bonchev–Trinajstić information content (AvgIpc) is 3.36. The third kappa shape index (κ3) is 5.85. The first-order valence-corrected chi connectivity index (χ1v) is 10.3. The fourth-order valence-electron chi connectivity index (χ4n) is 3.26. The second kappa shape index (κ2) is 8.51. The molecule has 6 nitrogen and oxygen atoms in total. The lowest BCUT2D eigenvalue weighted by molar-refractivity contribution is -0.192. The van der Waals surface area contributed by atoms with Gasteiger partial charge in [-0.1, -0.05) is 0 Å². The summed E-state index contributed by atoms with van der Waals surface area (Å²) in [6.07, 6.45) is 0.783. The first kappa shape index (κ1) is 21.9. The summed E-state index contributed by atoms with van der Waals surface area (Å²) < 4.78 is 38.0. The molecule has 3 fully saturated rings. The summed E-state index contributed by atoms with van der Waals surface area (Å²) in [7, 11) is 0. The van der Waals surface area contributed by atoms with E-state index in [2.05, 4.69) is 4.98 Å². The number of halogens is 3. The molecule has 1 spiro atoms. The molecule has 0 aromatic carbocycles. The van der Waals surface area contributed by atoms with Gasteiger partial charge in [0.1, 0.15) is 0 Å². The molecule has 1 unspecified atom stereocenters. The van der Waals surface area contributed by atoms with E-state index in [1.807, 2.05) is 35.7 Å². The first-order chi connectivity index (χ1) is 13.6. The number of carbonyl (C=O) groups is 2. The van der Waals surface area contributed by atoms with Gasteiger partial charge in [-0.3, -0.25) is 9.78 Å². The zero-order valence-electron chi connectivity index (χ0n) is 15.9. The van der Waals surface area contributed by atoms with E-state index in [-0.39, 0.29) is 10.7 Å². The molecule has 1 amide bonds. The van der Waals surface area contributed by atoms with Crippen molar-refractivity contribution in [2.75, 3.05) is 25.4 Å². The Labute approximate surface area is 170 Å². The molecule has 3 heterocycles. The first-order valence-electron chi connectivity index (χ1n) is 9.36. The average molecular weight is 432 g/mol. The second-order valence-electron chi connectivity index (χ2n) is 7.75. The number of amides is 1. The van der Waals surface area contributed by atoms with Gasteiger partial charge in [-0.2, -0.15) is 13.2 Å². The summed E-state index contributed by atoms with van der Waals surface area (Å²) in [5, 5.41) is 7.12. The standard InChI is InChI=1S/C17H22N2O2S.C2HF3O2/c1-12-2-5-14(7-18-12)16(20)19-10-17(11-19)6-15(9-22-17)21-8-13-3-4-13;3-2(4,5)1(6)7/h2,5,7,13,15H,3-4,6,8-11H2,1H3;(H,6,7). The van der Waals surface area contributed by atoms with E-state index >= 15 is 0 Å². The summed E-state index contributed by atoms with van der Waals surface area (Å²) in [6, 6.07) is 3.77. The summed E-state index contributed by atoms with van der Waals surface area (Å²) in [5.74, 6) is -0.732.